The van der Waals surface area contributed by atoms with Crippen LogP contribution in [0.25, 0.3) is 0 Å². The topological polar surface area (TPSA) is 62.7 Å². The number of hydrogen-bond donors (Lipinski definition) is 2. The number of thiazole rings is 1. The van der Waals surface area contributed by atoms with Crippen molar-refractivity contribution in [3.8, 4) is 0 Å². The molecule has 22 heavy (non-hydrogen) atoms. The number of aromatic nitrogens is 3. The Morgan fingerprint density at radius 3 is 3.00 bits per heavy atom. The van der Waals surface area contributed by atoms with Crippen LogP contribution in [0, 0.1) is 10.9 Å². The van der Waals surface area contributed by atoms with E-state index in [-0.39, 0.29) is 5.91 Å². The molecule has 1 saturated carbocycles. The van der Waals surface area contributed by atoms with Crippen LogP contribution in [0.3, 0.4) is 0 Å². The second-order valence-electron chi connectivity index (χ2n) is 5.74. The molecular weight excluding hydrogens is 316 g/mol. The fraction of sp³-hybridized carbons (Fsp3) is 0.533. The molecule has 2 aromatic heterocycles. The van der Waals surface area contributed by atoms with E-state index in [9.17, 15) is 4.79 Å². The number of amides is 1. The SMILES string of the molecule is Cc1[nH]c(=S)sc1CC(=O)NCc1ccn(C2CCCC2)n1. The summed E-state index contributed by atoms with van der Waals surface area (Å²) in [6, 6.07) is 2.53. The van der Waals surface area contributed by atoms with Gasteiger partial charge in [-0.15, -0.1) is 11.3 Å². The zero-order valence-electron chi connectivity index (χ0n) is 12.6. The maximum atomic E-state index is 12.0. The number of carbonyl (C=O) groups is 1. The van der Waals surface area contributed by atoms with Crippen LogP contribution in [0.2, 0.25) is 0 Å². The average Bonchev–Trinajstić information content (AvgIpc) is 3.19. The molecular formula is C15H20N4OS2. The maximum absolute atomic E-state index is 12.0. The molecule has 0 radical (unpaired) electrons. The largest absolute Gasteiger partial charge is 0.350 e. The van der Waals surface area contributed by atoms with Crippen molar-refractivity contribution in [2.24, 2.45) is 0 Å². The highest BCUT2D eigenvalue weighted by atomic mass is 32.1. The van der Waals surface area contributed by atoms with Gasteiger partial charge in [0.25, 0.3) is 0 Å². The molecule has 0 atom stereocenters. The lowest BCUT2D eigenvalue weighted by Gasteiger charge is -2.09. The van der Waals surface area contributed by atoms with Crippen LogP contribution in [-0.4, -0.2) is 20.7 Å². The summed E-state index contributed by atoms with van der Waals surface area (Å²) < 4.78 is 2.77. The summed E-state index contributed by atoms with van der Waals surface area (Å²) in [6.07, 6.45) is 7.40. The van der Waals surface area contributed by atoms with Crippen molar-refractivity contribution >= 4 is 29.5 Å². The lowest BCUT2D eigenvalue weighted by molar-refractivity contribution is -0.120. The average molecular weight is 336 g/mol. The lowest BCUT2D eigenvalue weighted by Crippen LogP contribution is -2.24. The number of nitrogens with one attached hydrogen (secondary N) is 2. The normalized spacial score (nSPS) is 15.3. The minimum Gasteiger partial charge on any atom is -0.350 e. The van der Waals surface area contributed by atoms with E-state index in [4.69, 9.17) is 12.2 Å². The van der Waals surface area contributed by atoms with Crippen molar-refractivity contribution < 1.29 is 4.79 Å². The van der Waals surface area contributed by atoms with Gasteiger partial charge in [-0.25, -0.2) is 0 Å². The summed E-state index contributed by atoms with van der Waals surface area (Å²) in [5, 5.41) is 7.51. The zero-order chi connectivity index (χ0) is 15.5. The van der Waals surface area contributed by atoms with Gasteiger partial charge in [-0.1, -0.05) is 12.8 Å². The smallest absolute Gasteiger partial charge is 0.225 e. The molecule has 0 bridgehead atoms. The Morgan fingerprint density at radius 1 is 1.55 bits per heavy atom. The molecule has 0 spiro atoms. The molecule has 2 aromatic rings. The van der Waals surface area contributed by atoms with Crippen LogP contribution < -0.4 is 5.32 Å². The molecule has 1 amide bonds. The molecule has 0 unspecified atom stereocenters. The summed E-state index contributed by atoms with van der Waals surface area (Å²) in [5.74, 6) is 0.00349. The van der Waals surface area contributed by atoms with Crippen molar-refractivity contribution in [2.45, 2.75) is 51.6 Å². The highest BCUT2D eigenvalue weighted by Gasteiger charge is 2.17. The van der Waals surface area contributed by atoms with Crippen LogP contribution in [-0.2, 0) is 17.8 Å². The van der Waals surface area contributed by atoms with Crippen molar-refractivity contribution in [1.29, 1.82) is 0 Å². The molecule has 1 fully saturated rings. The summed E-state index contributed by atoms with van der Waals surface area (Å²) in [7, 11) is 0. The number of hydrogen-bond acceptors (Lipinski definition) is 4. The van der Waals surface area contributed by atoms with E-state index < -0.39 is 0 Å². The number of nitrogens with zero attached hydrogens (tertiary/aromatic N) is 2. The number of rotatable bonds is 5. The van der Waals surface area contributed by atoms with Gasteiger partial charge in [0.2, 0.25) is 5.91 Å². The van der Waals surface area contributed by atoms with Crippen LogP contribution >= 0.6 is 23.6 Å². The van der Waals surface area contributed by atoms with Gasteiger partial charge < -0.3 is 10.3 Å². The number of aryl methyl sites for hydroxylation is 1. The van der Waals surface area contributed by atoms with Gasteiger partial charge in [-0.3, -0.25) is 9.48 Å². The maximum Gasteiger partial charge on any atom is 0.225 e. The Hall–Kier alpha value is -1.47. The summed E-state index contributed by atoms with van der Waals surface area (Å²) in [4.78, 5) is 16.1. The highest BCUT2D eigenvalue weighted by molar-refractivity contribution is 7.73. The van der Waals surface area contributed by atoms with E-state index in [0.29, 0.717) is 19.0 Å². The molecule has 2 N–H and O–H groups in total. The fourth-order valence-electron chi connectivity index (χ4n) is 2.85. The monoisotopic (exact) mass is 336 g/mol. The Kier molecular flexibility index (Phi) is 4.73. The predicted molar refractivity (Wildman–Crippen MR) is 89.5 cm³/mol. The third-order valence-electron chi connectivity index (χ3n) is 4.07. The predicted octanol–water partition coefficient (Wildman–Crippen LogP) is 3.28. The van der Waals surface area contributed by atoms with Crippen molar-refractivity contribution in [3.63, 3.8) is 0 Å². The standard InChI is InChI=1S/C15H20N4OS2/c1-10-13(22-15(21)17-10)8-14(20)16-9-11-6-7-19(18-11)12-4-2-3-5-12/h6-7,12H,2-5,8-9H2,1H3,(H,16,20)(H,17,21). The Morgan fingerprint density at radius 2 is 2.32 bits per heavy atom. The number of aromatic amines is 1. The Balaban J connectivity index is 1.52. The van der Waals surface area contributed by atoms with Gasteiger partial charge >= 0.3 is 0 Å². The first-order valence-electron chi connectivity index (χ1n) is 7.61. The van der Waals surface area contributed by atoms with Crippen molar-refractivity contribution in [3.05, 3.63) is 32.5 Å². The summed E-state index contributed by atoms with van der Waals surface area (Å²) in [5.41, 5.74) is 1.90. The van der Waals surface area contributed by atoms with Crippen LogP contribution in [0.5, 0.6) is 0 Å². The van der Waals surface area contributed by atoms with Crippen LogP contribution in [0.4, 0.5) is 0 Å². The quantitative estimate of drug-likeness (QED) is 0.824. The van der Waals surface area contributed by atoms with Gasteiger partial charge in [-0.05, 0) is 38.0 Å². The van der Waals surface area contributed by atoms with Crippen LogP contribution in [0.1, 0.15) is 48.0 Å². The fourth-order valence-corrected chi connectivity index (χ4v) is 4.14. The van der Waals surface area contributed by atoms with E-state index in [0.717, 1.165) is 20.2 Å². The molecule has 2 heterocycles. The van der Waals surface area contributed by atoms with Crippen molar-refractivity contribution in [2.75, 3.05) is 0 Å². The first-order chi connectivity index (χ1) is 10.6. The van der Waals surface area contributed by atoms with Gasteiger partial charge in [0.1, 0.15) is 0 Å². The minimum atomic E-state index is 0.00349. The molecule has 3 rings (SSSR count). The number of H-pyrrole nitrogens is 1. The van der Waals surface area contributed by atoms with E-state index in [1.165, 1.54) is 37.0 Å². The Bertz CT molecular complexity index is 709. The van der Waals surface area contributed by atoms with Gasteiger partial charge in [-0.2, -0.15) is 5.10 Å². The molecule has 118 valence electrons. The van der Waals surface area contributed by atoms with Gasteiger partial charge in [0, 0.05) is 16.8 Å². The highest BCUT2D eigenvalue weighted by Crippen LogP contribution is 2.28. The molecule has 1 aliphatic carbocycles. The third kappa shape index (κ3) is 3.64. The second kappa shape index (κ2) is 6.75. The first kappa shape index (κ1) is 15.4. The molecule has 0 aliphatic heterocycles. The van der Waals surface area contributed by atoms with E-state index in [2.05, 4.69) is 20.1 Å². The molecule has 5 nitrogen and oxygen atoms in total. The second-order valence-corrected chi connectivity index (χ2v) is 7.51. The Labute approximate surface area is 138 Å². The molecule has 0 aromatic carbocycles. The third-order valence-corrected chi connectivity index (χ3v) is 5.41. The lowest BCUT2D eigenvalue weighted by atomic mass is 10.3. The summed E-state index contributed by atoms with van der Waals surface area (Å²) >= 11 is 6.55. The van der Waals surface area contributed by atoms with Crippen molar-refractivity contribution in [1.82, 2.24) is 20.1 Å². The van der Waals surface area contributed by atoms with E-state index >= 15 is 0 Å². The van der Waals surface area contributed by atoms with Gasteiger partial charge in [0.15, 0.2) is 3.95 Å². The van der Waals surface area contributed by atoms with E-state index in [1.54, 1.807) is 0 Å². The number of carbonyl (C=O) groups excluding carboxylic acids is 1. The first-order valence-corrected chi connectivity index (χ1v) is 8.83. The van der Waals surface area contributed by atoms with Gasteiger partial charge in [0.05, 0.1) is 24.7 Å². The summed E-state index contributed by atoms with van der Waals surface area (Å²) in [6.45, 7) is 2.42. The molecule has 7 heteroatoms. The minimum absolute atomic E-state index is 0.00349. The molecule has 0 saturated heterocycles. The van der Waals surface area contributed by atoms with Crippen LogP contribution in [0.15, 0.2) is 12.3 Å². The zero-order valence-corrected chi connectivity index (χ0v) is 14.2. The van der Waals surface area contributed by atoms with E-state index in [1.807, 2.05) is 19.2 Å². The molecule has 1 aliphatic rings.